The zero-order valence-electron chi connectivity index (χ0n) is 8.04. The van der Waals surface area contributed by atoms with Gasteiger partial charge in [0.25, 0.3) is 0 Å². The predicted octanol–water partition coefficient (Wildman–Crippen LogP) is 2.05. The summed E-state index contributed by atoms with van der Waals surface area (Å²) in [6.45, 7) is 2.25. The van der Waals surface area contributed by atoms with Crippen LogP contribution < -0.4 is 9.47 Å². The van der Waals surface area contributed by atoms with Crippen molar-refractivity contribution < 1.29 is 18.7 Å². The van der Waals surface area contributed by atoms with E-state index in [0.29, 0.717) is 18.6 Å². The first-order valence-electron chi connectivity index (χ1n) is 4.18. The Morgan fingerprint density at radius 1 is 1.50 bits per heavy atom. The maximum absolute atomic E-state index is 13.3. The molecular weight excluding hydrogens is 187 g/mol. The van der Waals surface area contributed by atoms with Gasteiger partial charge in [-0.3, -0.25) is 4.79 Å². The highest BCUT2D eigenvalue weighted by molar-refractivity contribution is 5.77. The lowest BCUT2D eigenvalue weighted by atomic mass is 10.2. The van der Waals surface area contributed by atoms with Crippen LogP contribution in [0.2, 0.25) is 0 Å². The molecule has 4 heteroatoms. The number of carbonyl (C=O) groups excluding carboxylic acids is 1. The third-order valence-corrected chi connectivity index (χ3v) is 1.70. The van der Waals surface area contributed by atoms with Gasteiger partial charge in [0.15, 0.2) is 17.9 Å². The van der Waals surface area contributed by atoms with Crippen LogP contribution in [0.5, 0.6) is 11.5 Å². The van der Waals surface area contributed by atoms with Crippen molar-refractivity contribution in [2.24, 2.45) is 0 Å². The smallest absolute Gasteiger partial charge is 0.175 e. The Morgan fingerprint density at radius 3 is 2.71 bits per heavy atom. The number of ether oxygens (including phenoxy) is 2. The Kier molecular flexibility index (Phi) is 3.45. The van der Waals surface area contributed by atoms with Crippen LogP contribution in [0.1, 0.15) is 17.3 Å². The Morgan fingerprint density at radius 2 is 2.21 bits per heavy atom. The fourth-order valence-electron chi connectivity index (χ4n) is 1.08. The number of rotatable bonds is 4. The van der Waals surface area contributed by atoms with Crippen molar-refractivity contribution in [3.8, 4) is 11.5 Å². The fraction of sp³-hybridized carbons (Fsp3) is 0.300. The molecule has 0 aliphatic carbocycles. The molecule has 0 radical (unpaired) electrons. The second-order valence-corrected chi connectivity index (χ2v) is 2.58. The molecule has 1 rings (SSSR count). The number of hydrogen-bond acceptors (Lipinski definition) is 3. The second-order valence-electron chi connectivity index (χ2n) is 2.58. The summed E-state index contributed by atoms with van der Waals surface area (Å²) in [6, 6.07) is 2.75. The molecule has 0 heterocycles. The monoisotopic (exact) mass is 198 g/mol. The van der Waals surface area contributed by atoms with Crippen LogP contribution in [-0.4, -0.2) is 20.0 Å². The van der Waals surface area contributed by atoms with Crippen molar-refractivity contribution in [2.45, 2.75) is 6.92 Å². The molecule has 0 aliphatic rings. The van der Waals surface area contributed by atoms with Crippen molar-refractivity contribution >= 4 is 6.29 Å². The molecule has 0 spiro atoms. The third kappa shape index (κ3) is 2.02. The largest absolute Gasteiger partial charge is 0.494 e. The topological polar surface area (TPSA) is 35.5 Å². The highest BCUT2D eigenvalue weighted by atomic mass is 19.1. The molecule has 0 unspecified atom stereocenters. The fourth-order valence-corrected chi connectivity index (χ4v) is 1.08. The average Bonchev–Trinajstić information content (AvgIpc) is 2.20. The van der Waals surface area contributed by atoms with Crippen LogP contribution in [0.4, 0.5) is 4.39 Å². The van der Waals surface area contributed by atoms with Crippen LogP contribution in [0.15, 0.2) is 12.1 Å². The van der Waals surface area contributed by atoms with Crippen LogP contribution in [0, 0.1) is 5.82 Å². The summed E-state index contributed by atoms with van der Waals surface area (Å²) < 4.78 is 23.2. The predicted molar refractivity (Wildman–Crippen MR) is 49.5 cm³/mol. The number of methoxy groups -OCH3 is 1. The molecule has 1 aromatic carbocycles. The lowest BCUT2D eigenvalue weighted by molar-refractivity contribution is 0.111. The first kappa shape index (κ1) is 10.5. The molecule has 0 aromatic heterocycles. The van der Waals surface area contributed by atoms with E-state index in [1.165, 1.54) is 19.2 Å². The van der Waals surface area contributed by atoms with Gasteiger partial charge in [-0.05, 0) is 13.0 Å². The van der Waals surface area contributed by atoms with Crippen LogP contribution >= 0.6 is 0 Å². The van der Waals surface area contributed by atoms with Gasteiger partial charge >= 0.3 is 0 Å². The van der Waals surface area contributed by atoms with E-state index in [1.807, 2.05) is 0 Å². The van der Waals surface area contributed by atoms with E-state index in [0.717, 1.165) is 0 Å². The molecule has 0 atom stereocenters. The van der Waals surface area contributed by atoms with Crippen LogP contribution in [0.25, 0.3) is 0 Å². The van der Waals surface area contributed by atoms with Crippen LogP contribution in [-0.2, 0) is 0 Å². The number of benzene rings is 1. The zero-order valence-corrected chi connectivity index (χ0v) is 8.04. The molecule has 0 saturated carbocycles. The quantitative estimate of drug-likeness (QED) is 0.694. The molecule has 14 heavy (non-hydrogen) atoms. The van der Waals surface area contributed by atoms with Gasteiger partial charge in [0.1, 0.15) is 5.75 Å². The van der Waals surface area contributed by atoms with Gasteiger partial charge in [0, 0.05) is 6.07 Å². The van der Waals surface area contributed by atoms with Gasteiger partial charge in [-0.1, -0.05) is 0 Å². The summed E-state index contributed by atoms with van der Waals surface area (Å²) >= 11 is 0. The molecule has 3 nitrogen and oxygen atoms in total. The molecule has 1 aromatic rings. The van der Waals surface area contributed by atoms with E-state index in [1.54, 1.807) is 6.92 Å². The standard InChI is InChI=1S/C10H11FO3/c1-3-14-8-4-7(6-12)10(11)9(5-8)13-2/h4-6H,3H2,1-2H3. The summed E-state index contributed by atoms with van der Waals surface area (Å²) in [7, 11) is 1.34. The molecule has 0 bridgehead atoms. The molecule has 0 amide bonds. The minimum Gasteiger partial charge on any atom is -0.494 e. The first-order chi connectivity index (χ1) is 6.72. The number of aldehydes is 1. The highest BCUT2D eigenvalue weighted by Gasteiger charge is 2.11. The maximum Gasteiger partial charge on any atom is 0.175 e. The van der Waals surface area contributed by atoms with Crippen molar-refractivity contribution in [2.75, 3.05) is 13.7 Å². The summed E-state index contributed by atoms with van der Waals surface area (Å²) in [5.74, 6) is -0.225. The van der Waals surface area contributed by atoms with E-state index in [4.69, 9.17) is 9.47 Å². The first-order valence-corrected chi connectivity index (χ1v) is 4.18. The minimum absolute atomic E-state index is 0.0121. The van der Waals surface area contributed by atoms with Crippen molar-refractivity contribution in [1.82, 2.24) is 0 Å². The molecule has 0 fully saturated rings. The van der Waals surface area contributed by atoms with E-state index in [-0.39, 0.29) is 11.3 Å². The van der Waals surface area contributed by atoms with Crippen molar-refractivity contribution in [1.29, 1.82) is 0 Å². The Labute approximate surface area is 81.4 Å². The minimum atomic E-state index is -0.661. The van der Waals surface area contributed by atoms with Gasteiger partial charge < -0.3 is 9.47 Å². The van der Waals surface area contributed by atoms with Crippen LogP contribution in [0.3, 0.4) is 0 Å². The van der Waals surface area contributed by atoms with Crippen molar-refractivity contribution in [3.63, 3.8) is 0 Å². The van der Waals surface area contributed by atoms with E-state index < -0.39 is 5.82 Å². The number of hydrogen-bond donors (Lipinski definition) is 0. The van der Waals surface area contributed by atoms with Gasteiger partial charge in [-0.25, -0.2) is 4.39 Å². The van der Waals surface area contributed by atoms with Gasteiger partial charge in [-0.2, -0.15) is 0 Å². The van der Waals surface area contributed by atoms with Crippen molar-refractivity contribution in [3.05, 3.63) is 23.5 Å². The molecule has 0 saturated heterocycles. The highest BCUT2D eigenvalue weighted by Crippen LogP contribution is 2.26. The Bertz CT molecular complexity index is 336. The second kappa shape index (κ2) is 4.60. The summed E-state index contributed by atoms with van der Waals surface area (Å²) in [5, 5.41) is 0. The summed E-state index contributed by atoms with van der Waals surface area (Å²) in [6.07, 6.45) is 0.431. The summed E-state index contributed by atoms with van der Waals surface area (Å²) in [5.41, 5.74) is -0.0622. The van der Waals surface area contributed by atoms with E-state index in [2.05, 4.69) is 0 Å². The van der Waals surface area contributed by atoms with Gasteiger partial charge in [0.2, 0.25) is 0 Å². The lowest BCUT2D eigenvalue weighted by Crippen LogP contribution is -1.98. The molecular formula is C10H11FO3. The molecule has 0 N–H and O–H groups in total. The maximum atomic E-state index is 13.3. The third-order valence-electron chi connectivity index (χ3n) is 1.70. The number of halogens is 1. The van der Waals surface area contributed by atoms with E-state index in [9.17, 15) is 9.18 Å². The normalized spacial score (nSPS) is 9.64. The Balaban J connectivity index is 3.17. The van der Waals surface area contributed by atoms with Gasteiger partial charge in [0.05, 0.1) is 19.3 Å². The molecule has 76 valence electrons. The SMILES string of the molecule is CCOc1cc(C=O)c(F)c(OC)c1. The molecule has 0 aliphatic heterocycles. The number of carbonyl (C=O) groups is 1. The lowest BCUT2D eigenvalue weighted by Gasteiger charge is -2.08. The zero-order chi connectivity index (χ0) is 10.6. The summed E-state index contributed by atoms with van der Waals surface area (Å²) in [4.78, 5) is 10.5. The van der Waals surface area contributed by atoms with Gasteiger partial charge in [-0.15, -0.1) is 0 Å². The average molecular weight is 198 g/mol. The van der Waals surface area contributed by atoms with E-state index >= 15 is 0 Å². The Hall–Kier alpha value is -1.58.